The Morgan fingerprint density at radius 2 is 2.31 bits per heavy atom. The van der Waals surface area contributed by atoms with Gasteiger partial charge in [0.25, 0.3) is 0 Å². The van der Waals surface area contributed by atoms with E-state index in [0.29, 0.717) is 11.8 Å². The number of nitrogens with zero attached hydrogens (tertiary/aromatic N) is 4. The molecule has 1 atom stereocenters. The lowest BCUT2D eigenvalue weighted by Crippen LogP contribution is -2.26. The lowest BCUT2D eigenvalue weighted by Gasteiger charge is -2.18. The van der Waals surface area contributed by atoms with Gasteiger partial charge in [-0.05, 0) is 6.42 Å². The topological polar surface area (TPSA) is 68.6 Å². The van der Waals surface area contributed by atoms with E-state index < -0.39 is 0 Å². The predicted molar refractivity (Wildman–Crippen MR) is 64.5 cm³/mol. The average molecular weight is 219 g/mol. The van der Waals surface area contributed by atoms with E-state index in [1.54, 1.807) is 0 Å². The largest absolute Gasteiger partial charge is 0.386 e. The maximum Gasteiger partial charge on any atom is 0.123 e. The van der Waals surface area contributed by atoms with Crippen molar-refractivity contribution in [3.63, 3.8) is 0 Å². The summed E-state index contributed by atoms with van der Waals surface area (Å²) in [6, 6.07) is 0. The van der Waals surface area contributed by atoms with Gasteiger partial charge in [-0.15, -0.1) is 5.10 Å². The van der Waals surface area contributed by atoms with Gasteiger partial charge in [0.1, 0.15) is 5.84 Å². The summed E-state index contributed by atoms with van der Waals surface area (Å²) in [5.41, 5.74) is 7.70. The van der Waals surface area contributed by atoms with Gasteiger partial charge in [0.15, 0.2) is 0 Å². The molecule has 5 heteroatoms. The van der Waals surface area contributed by atoms with Gasteiger partial charge in [0.05, 0.1) is 23.9 Å². The zero-order chi connectivity index (χ0) is 11.5. The molecule has 0 aromatic carbocycles. The maximum atomic E-state index is 5.66. The summed E-state index contributed by atoms with van der Waals surface area (Å²) in [7, 11) is 0. The zero-order valence-corrected chi connectivity index (χ0v) is 9.72. The minimum Gasteiger partial charge on any atom is -0.386 e. The van der Waals surface area contributed by atoms with Crippen LogP contribution in [0.3, 0.4) is 0 Å². The highest BCUT2D eigenvalue weighted by Gasteiger charge is 2.21. The molecule has 16 heavy (non-hydrogen) atoms. The van der Waals surface area contributed by atoms with Gasteiger partial charge >= 0.3 is 0 Å². The zero-order valence-electron chi connectivity index (χ0n) is 9.72. The molecule has 5 nitrogen and oxygen atoms in total. The number of aromatic nitrogens is 2. The third-order valence-corrected chi connectivity index (χ3v) is 2.71. The van der Waals surface area contributed by atoms with Crippen molar-refractivity contribution in [1.29, 1.82) is 0 Å². The summed E-state index contributed by atoms with van der Waals surface area (Å²) in [4.78, 5) is 4.17. The first-order valence-electron chi connectivity index (χ1n) is 5.62. The number of rotatable bonds is 3. The van der Waals surface area contributed by atoms with E-state index in [0.717, 1.165) is 30.8 Å². The van der Waals surface area contributed by atoms with Gasteiger partial charge in [-0.3, -0.25) is 0 Å². The van der Waals surface area contributed by atoms with Crippen molar-refractivity contribution in [3.8, 4) is 0 Å². The van der Waals surface area contributed by atoms with Crippen molar-refractivity contribution in [2.24, 2.45) is 21.9 Å². The van der Waals surface area contributed by atoms with E-state index in [4.69, 9.17) is 5.73 Å². The Labute approximate surface area is 95.1 Å². The van der Waals surface area contributed by atoms with Crippen LogP contribution in [0.5, 0.6) is 0 Å². The molecule has 0 saturated heterocycles. The molecule has 1 aromatic rings. The van der Waals surface area contributed by atoms with Gasteiger partial charge < -0.3 is 10.3 Å². The Balaban J connectivity index is 2.33. The summed E-state index contributed by atoms with van der Waals surface area (Å²) < 4.78 is 2.12. The van der Waals surface area contributed by atoms with Gasteiger partial charge in [-0.25, -0.2) is 4.98 Å². The highest BCUT2D eigenvalue weighted by atomic mass is 15.3. The fraction of sp³-hybridized carbons (Fsp3) is 0.545. The highest BCUT2D eigenvalue weighted by molar-refractivity contribution is 6.04. The van der Waals surface area contributed by atoms with Crippen LogP contribution >= 0.6 is 0 Å². The Bertz CT molecular complexity index is 429. The second-order valence-corrected chi connectivity index (χ2v) is 4.15. The monoisotopic (exact) mass is 219 g/mol. The summed E-state index contributed by atoms with van der Waals surface area (Å²) >= 11 is 0. The third-order valence-electron chi connectivity index (χ3n) is 2.71. The quantitative estimate of drug-likeness (QED) is 0.834. The smallest absolute Gasteiger partial charge is 0.123 e. The summed E-state index contributed by atoms with van der Waals surface area (Å²) in [6.07, 6.45) is 5.55. The number of nitrogens with two attached hydrogens (primary N) is 1. The van der Waals surface area contributed by atoms with Gasteiger partial charge in [0, 0.05) is 18.9 Å². The molecule has 2 rings (SSSR count). The molecule has 0 spiro atoms. The number of aryl methyl sites for hydroxylation is 1. The number of amidine groups is 1. The molecule has 2 N–H and O–H groups in total. The van der Waals surface area contributed by atoms with Crippen molar-refractivity contribution in [2.75, 3.05) is 0 Å². The van der Waals surface area contributed by atoms with Crippen LogP contribution in [0.15, 0.2) is 22.7 Å². The second-order valence-electron chi connectivity index (χ2n) is 4.15. The van der Waals surface area contributed by atoms with Crippen molar-refractivity contribution in [2.45, 2.75) is 33.2 Å². The fourth-order valence-corrected chi connectivity index (χ4v) is 1.92. The lowest BCUT2D eigenvalue weighted by atomic mass is 9.98. The molecule has 1 aliphatic rings. The molecule has 86 valence electrons. The first kappa shape index (κ1) is 10.9. The average Bonchev–Trinajstić information content (AvgIpc) is 2.67. The van der Waals surface area contributed by atoms with Crippen LogP contribution < -0.4 is 5.73 Å². The maximum absolute atomic E-state index is 5.66. The van der Waals surface area contributed by atoms with Crippen LogP contribution in [0.25, 0.3) is 0 Å². The van der Waals surface area contributed by atoms with Gasteiger partial charge in [-0.1, -0.05) is 13.8 Å². The van der Waals surface area contributed by atoms with Crippen LogP contribution in [0.2, 0.25) is 0 Å². The molecule has 2 heterocycles. The Morgan fingerprint density at radius 1 is 1.50 bits per heavy atom. The predicted octanol–water partition coefficient (Wildman–Crippen LogP) is 1.39. The molecular weight excluding hydrogens is 202 g/mol. The molecule has 1 unspecified atom stereocenters. The van der Waals surface area contributed by atoms with Crippen molar-refractivity contribution in [3.05, 3.63) is 18.2 Å². The van der Waals surface area contributed by atoms with E-state index >= 15 is 0 Å². The highest BCUT2D eigenvalue weighted by Crippen LogP contribution is 2.17. The van der Waals surface area contributed by atoms with Gasteiger partial charge in [-0.2, -0.15) is 5.10 Å². The Hall–Kier alpha value is -1.65. The first-order chi connectivity index (χ1) is 7.72. The van der Waals surface area contributed by atoms with E-state index in [2.05, 4.69) is 33.6 Å². The Kier molecular flexibility index (Phi) is 3.03. The van der Waals surface area contributed by atoms with Crippen molar-refractivity contribution < 1.29 is 0 Å². The molecule has 0 aliphatic carbocycles. The van der Waals surface area contributed by atoms with Gasteiger partial charge in [0.2, 0.25) is 0 Å². The number of imidazole rings is 1. The fourth-order valence-electron chi connectivity index (χ4n) is 1.92. The minimum atomic E-state index is 0.310. The summed E-state index contributed by atoms with van der Waals surface area (Å²) in [5, 5.41) is 8.16. The molecule has 0 radical (unpaired) electrons. The third kappa shape index (κ3) is 1.98. The van der Waals surface area contributed by atoms with Crippen LogP contribution in [-0.4, -0.2) is 21.1 Å². The van der Waals surface area contributed by atoms with Crippen LogP contribution in [-0.2, 0) is 6.54 Å². The molecular formula is C11H17N5. The molecule has 0 amide bonds. The van der Waals surface area contributed by atoms with Crippen molar-refractivity contribution >= 4 is 11.5 Å². The summed E-state index contributed by atoms with van der Waals surface area (Å²) in [6.45, 7) is 5.22. The standard InChI is InChI=1S/C11H17N5/c1-3-4-16-7-13-6-9(16)11-8(2)5-10(12)14-15-11/h6-8H,3-5H2,1-2H3,(H2,12,14). The van der Waals surface area contributed by atoms with E-state index in [-0.39, 0.29) is 0 Å². The Morgan fingerprint density at radius 3 is 3.00 bits per heavy atom. The van der Waals surface area contributed by atoms with Crippen LogP contribution in [0.4, 0.5) is 0 Å². The molecule has 0 saturated carbocycles. The summed E-state index contributed by atoms with van der Waals surface area (Å²) in [5.74, 6) is 0.919. The molecule has 0 fully saturated rings. The molecule has 0 bridgehead atoms. The molecule has 1 aromatic heterocycles. The van der Waals surface area contributed by atoms with Crippen molar-refractivity contribution in [1.82, 2.24) is 9.55 Å². The minimum absolute atomic E-state index is 0.310. The molecule has 1 aliphatic heterocycles. The normalized spacial score (nSPS) is 20.5. The van der Waals surface area contributed by atoms with Crippen LogP contribution in [0, 0.1) is 5.92 Å². The number of hydrogen-bond acceptors (Lipinski definition) is 4. The lowest BCUT2D eigenvalue weighted by molar-refractivity contribution is 0.664. The second kappa shape index (κ2) is 4.47. The SMILES string of the molecule is CCCn1cncc1C1=NN=C(N)CC1C. The van der Waals surface area contributed by atoms with E-state index in [9.17, 15) is 0 Å². The number of hydrogen-bond donors (Lipinski definition) is 1. The van der Waals surface area contributed by atoms with E-state index in [1.165, 1.54) is 0 Å². The van der Waals surface area contributed by atoms with Crippen LogP contribution in [0.1, 0.15) is 32.4 Å². The van der Waals surface area contributed by atoms with E-state index in [1.807, 2.05) is 12.5 Å². The first-order valence-corrected chi connectivity index (χ1v) is 5.62.